The molecule has 100 valence electrons. The first-order valence-electron chi connectivity index (χ1n) is 6.06. The lowest BCUT2D eigenvalue weighted by molar-refractivity contribution is 0.178. The van der Waals surface area contributed by atoms with E-state index in [1.807, 2.05) is 19.0 Å². The van der Waals surface area contributed by atoms with Crippen molar-refractivity contribution >= 4 is 17.3 Å². The summed E-state index contributed by atoms with van der Waals surface area (Å²) in [5, 5.41) is 2.14. The van der Waals surface area contributed by atoms with Gasteiger partial charge in [-0.3, -0.25) is 0 Å². The minimum absolute atomic E-state index is 0.585. The zero-order valence-corrected chi connectivity index (χ0v) is 11.2. The van der Waals surface area contributed by atoms with Crippen molar-refractivity contribution in [1.29, 1.82) is 0 Å². The molecular weight excluding hydrogens is 230 g/mol. The minimum Gasteiger partial charge on any atom is -0.393 e. The fourth-order valence-electron chi connectivity index (χ4n) is 1.90. The Morgan fingerprint density at radius 1 is 1.22 bits per heavy atom. The van der Waals surface area contributed by atoms with Crippen molar-refractivity contribution in [3.63, 3.8) is 0 Å². The SMILES string of the molecule is CN1CCN(Nc2ncnc(N(C)C)c2N)CC1. The maximum absolute atomic E-state index is 6.06. The Hall–Kier alpha value is -1.60. The largest absolute Gasteiger partial charge is 0.393 e. The Bertz CT molecular complexity index is 398. The third-order valence-corrected chi connectivity index (χ3v) is 3.05. The van der Waals surface area contributed by atoms with Crippen LogP contribution in [0.5, 0.6) is 0 Å². The van der Waals surface area contributed by atoms with Gasteiger partial charge in [0.1, 0.15) is 12.0 Å². The fourth-order valence-corrected chi connectivity index (χ4v) is 1.90. The molecule has 0 amide bonds. The predicted molar refractivity (Wildman–Crippen MR) is 73.5 cm³/mol. The van der Waals surface area contributed by atoms with Crippen LogP contribution in [0.4, 0.5) is 17.3 Å². The zero-order chi connectivity index (χ0) is 13.1. The molecule has 0 unspecified atom stereocenters. The third kappa shape index (κ3) is 2.80. The Morgan fingerprint density at radius 2 is 1.89 bits per heavy atom. The molecule has 2 heterocycles. The highest BCUT2D eigenvalue weighted by atomic mass is 15.5. The van der Waals surface area contributed by atoms with E-state index in [0.717, 1.165) is 32.0 Å². The smallest absolute Gasteiger partial charge is 0.169 e. The number of piperazine rings is 1. The van der Waals surface area contributed by atoms with Gasteiger partial charge in [-0.25, -0.2) is 15.0 Å². The summed E-state index contributed by atoms with van der Waals surface area (Å²) >= 11 is 0. The maximum atomic E-state index is 6.06. The Morgan fingerprint density at radius 3 is 2.50 bits per heavy atom. The van der Waals surface area contributed by atoms with Gasteiger partial charge in [0.25, 0.3) is 0 Å². The van der Waals surface area contributed by atoms with Crippen LogP contribution in [0.15, 0.2) is 6.33 Å². The summed E-state index contributed by atoms with van der Waals surface area (Å²) in [6.07, 6.45) is 1.53. The Balaban J connectivity index is 2.07. The molecule has 0 aliphatic carbocycles. The number of rotatable bonds is 3. The average Bonchev–Trinajstić information content (AvgIpc) is 2.34. The second-order valence-electron chi connectivity index (χ2n) is 4.76. The van der Waals surface area contributed by atoms with Crippen LogP contribution < -0.4 is 16.1 Å². The third-order valence-electron chi connectivity index (χ3n) is 3.05. The Kier molecular flexibility index (Phi) is 3.83. The number of aromatic nitrogens is 2. The lowest BCUT2D eigenvalue weighted by atomic mass is 10.4. The molecular formula is C11H21N7. The van der Waals surface area contributed by atoms with Gasteiger partial charge in [0.2, 0.25) is 0 Å². The van der Waals surface area contributed by atoms with E-state index < -0.39 is 0 Å². The van der Waals surface area contributed by atoms with Crippen LogP contribution in [0.3, 0.4) is 0 Å². The zero-order valence-electron chi connectivity index (χ0n) is 11.2. The number of hydrogen-bond acceptors (Lipinski definition) is 7. The Labute approximate surface area is 108 Å². The maximum Gasteiger partial charge on any atom is 0.169 e. The van der Waals surface area contributed by atoms with Gasteiger partial charge in [0.15, 0.2) is 11.6 Å². The molecule has 2 rings (SSSR count). The molecule has 0 bridgehead atoms. The number of nitrogen functional groups attached to an aromatic ring is 1. The van der Waals surface area contributed by atoms with Crippen molar-refractivity contribution < 1.29 is 0 Å². The molecule has 0 saturated carbocycles. The van der Waals surface area contributed by atoms with Crippen LogP contribution in [0.2, 0.25) is 0 Å². The van der Waals surface area contributed by atoms with Crippen molar-refractivity contribution in [3.8, 4) is 0 Å². The summed E-state index contributed by atoms with van der Waals surface area (Å²) in [4.78, 5) is 12.6. The molecule has 1 saturated heterocycles. The van der Waals surface area contributed by atoms with Gasteiger partial charge in [-0.05, 0) is 7.05 Å². The first-order chi connectivity index (χ1) is 8.58. The normalized spacial score (nSPS) is 17.7. The number of nitrogens with zero attached hydrogens (tertiary/aromatic N) is 5. The second-order valence-corrected chi connectivity index (χ2v) is 4.76. The summed E-state index contributed by atoms with van der Waals surface area (Å²) in [6, 6.07) is 0. The average molecular weight is 251 g/mol. The molecule has 1 fully saturated rings. The van der Waals surface area contributed by atoms with E-state index in [2.05, 4.69) is 32.4 Å². The standard InChI is InChI=1S/C11H21N7/c1-16(2)11-9(12)10(13-8-14-11)15-18-6-4-17(3)5-7-18/h8H,4-7,12H2,1-3H3,(H,13,14,15). The van der Waals surface area contributed by atoms with Crippen molar-refractivity contribution in [2.45, 2.75) is 0 Å². The van der Waals surface area contributed by atoms with Crippen LogP contribution in [0.25, 0.3) is 0 Å². The highest BCUT2D eigenvalue weighted by Crippen LogP contribution is 2.24. The van der Waals surface area contributed by atoms with Crippen LogP contribution in [0.1, 0.15) is 0 Å². The van der Waals surface area contributed by atoms with Crippen LogP contribution in [-0.4, -0.2) is 67.2 Å². The lowest BCUT2D eigenvalue weighted by Gasteiger charge is -2.33. The molecule has 0 atom stereocenters. The highest BCUT2D eigenvalue weighted by Gasteiger charge is 2.16. The molecule has 0 radical (unpaired) electrons. The number of anilines is 3. The summed E-state index contributed by atoms with van der Waals surface area (Å²) in [5.74, 6) is 1.42. The van der Waals surface area contributed by atoms with E-state index in [0.29, 0.717) is 11.5 Å². The quantitative estimate of drug-likeness (QED) is 0.764. The molecule has 3 N–H and O–H groups in total. The van der Waals surface area contributed by atoms with Gasteiger partial charge >= 0.3 is 0 Å². The van der Waals surface area contributed by atoms with Gasteiger partial charge in [0.05, 0.1) is 0 Å². The fraction of sp³-hybridized carbons (Fsp3) is 0.636. The van der Waals surface area contributed by atoms with E-state index in [-0.39, 0.29) is 0 Å². The molecule has 1 aromatic rings. The number of hydrogen-bond donors (Lipinski definition) is 2. The van der Waals surface area contributed by atoms with Gasteiger partial charge in [0, 0.05) is 40.3 Å². The van der Waals surface area contributed by atoms with Crippen molar-refractivity contribution in [2.75, 3.05) is 63.4 Å². The first-order valence-corrected chi connectivity index (χ1v) is 6.06. The monoisotopic (exact) mass is 251 g/mol. The van der Waals surface area contributed by atoms with Crippen molar-refractivity contribution in [3.05, 3.63) is 6.33 Å². The molecule has 1 aliphatic rings. The number of nitrogens with one attached hydrogen (secondary N) is 1. The van der Waals surface area contributed by atoms with Crippen molar-refractivity contribution in [2.24, 2.45) is 0 Å². The predicted octanol–water partition coefficient (Wildman–Crippen LogP) is -0.301. The van der Waals surface area contributed by atoms with Crippen LogP contribution >= 0.6 is 0 Å². The summed E-state index contributed by atoms with van der Waals surface area (Å²) in [7, 11) is 5.96. The van der Waals surface area contributed by atoms with E-state index in [1.54, 1.807) is 0 Å². The molecule has 18 heavy (non-hydrogen) atoms. The lowest BCUT2D eigenvalue weighted by Crippen LogP contribution is -2.47. The topological polar surface area (TPSA) is 73.5 Å². The van der Waals surface area contributed by atoms with E-state index >= 15 is 0 Å². The van der Waals surface area contributed by atoms with E-state index in [1.165, 1.54) is 6.33 Å². The van der Waals surface area contributed by atoms with Gasteiger partial charge in [-0.1, -0.05) is 0 Å². The first kappa shape index (κ1) is 12.8. The van der Waals surface area contributed by atoms with E-state index in [9.17, 15) is 0 Å². The minimum atomic E-state index is 0.585. The van der Waals surface area contributed by atoms with Crippen molar-refractivity contribution in [1.82, 2.24) is 19.9 Å². The van der Waals surface area contributed by atoms with Crippen LogP contribution in [0, 0.1) is 0 Å². The summed E-state index contributed by atoms with van der Waals surface area (Å²) in [6.45, 7) is 3.99. The van der Waals surface area contributed by atoms with Crippen LogP contribution in [-0.2, 0) is 0 Å². The number of hydrazine groups is 1. The molecule has 7 heteroatoms. The van der Waals surface area contributed by atoms with E-state index in [4.69, 9.17) is 5.73 Å². The highest BCUT2D eigenvalue weighted by molar-refractivity contribution is 5.74. The molecule has 1 aromatic heterocycles. The molecule has 0 aromatic carbocycles. The van der Waals surface area contributed by atoms with Gasteiger partial charge < -0.3 is 21.0 Å². The number of nitrogens with two attached hydrogens (primary N) is 1. The number of likely N-dealkylation sites (N-methyl/N-ethyl adjacent to an activating group) is 1. The molecule has 0 spiro atoms. The molecule has 1 aliphatic heterocycles. The van der Waals surface area contributed by atoms with Gasteiger partial charge in [-0.2, -0.15) is 0 Å². The summed E-state index contributed by atoms with van der Waals surface area (Å²) in [5.41, 5.74) is 9.92. The second kappa shape index (κ2) is 5.36. The molecule has 7 nitrogen and oxygen atoms in total. The van der Waals surface area contributed by atoms with Gasteiger partial charge in [-0.15, -0.1) is 0 Å². The summed E-state index contributed by atoms with van der Waals surface area (Å²) < 4.78 is 0.